The molecular weight excluding hydrogens is 540 g/mol. The van der Waals surface area contributed by atoms with E-state index in [0.29, 0.717) is 28.9 Å². The van der Waals surface area contributed by atoms with Gasteiger partial charge in [0.05, 0.1) is 32.3 Å². The molecule has 2 atom stereocenters. The molecule has 0 radical (unpaired) electrons. The van der Waals surface area contributed by atoms with E-state index in [-0.39, 0.29) is 27.7 Å². The van der Waals surface area contributed by atoms with E-state index in [2.05, 4.69) is 0 Å². The fourth-order valence-corrected chi connectivity index (χ4v) is 4.63. The molecule has 0 aromatic heterocycles. The minimum absolute atomic E-state index is 0.101. The first kappa shape index (κ1) is 26.6. The van der Waals surface area contributed by atoms with Crippen LogP contribution in [-0.2, 0) is 19.1 Å². The number of benzene rings is 2. The Morgan fingerprint density at radius 3 is 2.40 bits per heavy atom. The largest absolute Gasteiger partial charge is 0.493 e. The zero-order valence-corrected chi connectivity index (χ0v) is 22.3. The Hall–Kier alpha value is -4.97. The molecule has 3 aliphatic heterocycles. The second-order valence-electron chi connectivity index (χ2n) is 8.77. The van der Waals surface area contributed by atoms with Crippen LogP contribution in [0, 0.1) is 0 Å². The highest BCUT2D eigenvalue weighted by Gasteiger charge is 2.49. The van der Waals surface area contributed by atoms with Gasteiger partial charge in [0.2, 0.25) is 0 Å². The first-order chi connectivity index (χ1) is 19.3. The molecule has 1 saturated heterocycles. The molecule has 5 rings (SSSR count). The van der Waals surface area contributed by atoms with Crippen molar-refractivity contribution in [2.45, 2.75) is 12.1 Å². The summed E-state index contributed by atoms with van der Waals surface area (Å²) < 4.78 is 27.9. The van der Waals surface area contributed by atoms with Crippen LogP contribution in [0.15, 0.2) is 72.3 Å². The van der Waals surface area contributed by atoms with Gasteiger partial charge in [-0.25, -0.2) is 4.79 Å². The highest BCUT2D eigenvalue weighted by molar-refractivity contribution is 7.82. The maximum atomic E-state index is 13.4. The van der Waals surface area contributed by atoms with Crippen LogP contribution < -0.4 is 14.2 Å². The topological polar surface area (TPSA) is 121 Å². The number of methoxy groups -OCH3 is 2. The highest BCUT2D eigenvalue weighted by Crippen LogP contribution is 2.39. The lowest BCUT2D eigenvalue weighted by atomic mass is 10.0. The molecule has 3 heterocycles. The predicted molar refractivity (Wildman–Crippen MR) is 143 cm³/mol. The van der Waals surface area contributed by atoms with Gasteiger partial charge < -0.3 is 23.7 Å². The monoisotopic (exact) mass is 562 g/mol. The number of nitrogens with zero attached hydrogens (tertiary/aromatic N) is 2. The van der Waals surface area contributed by atoms with Crippen molar-refractivity contribution in [2.75, 3.05) is 21.3 Å². The lowest BCUT2D eigenvalue weighted by Gasteiger charge is -2.36. The van der Waals surface area contributed by atoms with Crippen molar-refractivity contribution >= 4 is 41.3 Å². The van der Waals surface area contributed by atoms with Crippen molar-refractivity contribution in [3.05, 3.63) is 83.5 Å². The highest BCUT2D eigenvalue weighted by atomic mass is 32.1. The predicted octanol–water partition coefficient (Wildman–Crippen LogP) is 3.16. The van der Waals surface area contributed by atoms with Gasteiger partial charge in [0, 0.05) is 18.2 Å². The van der Waals surface area contributed by atoms with E-state index in [1.165, 1.54) is 75.1 Å². The molecule has 204 valence electrons. The normalized spacial score (nSPS) is 19.5. The molecule has 2 amide bonds. The molecule has 12 heteroatoms. The minimum Gasteiger partial charge on any atom is -0.493 e. The summed E-state index contributed by atoms with van der Waals surface area (Å²) in [7, 11) is 4.31. The SMILES string of the molecule is COc1ccc(C=O)cc1Oc1cc(C(=O)O[C@H]2C=COC=C3C=C4C(=O)N(C)C(=S)C(=O)N4[C@@H]32)ccc1OC. The first-order valence-corrected chi connectivity index (χ1v) is 12.3. The van der Waals surface area contributed by atoms with Crippen molar-refractivity contribution in [1.29, 1.82) is 0 Å². The van der Waals surface area contributed by atoms with Crippen LogP contribution >= 0.6 is 12.2 Å². The van der Waals surface area contributed by atoms with E-state index in [1.54, 1.807) is 12.1 Å². The number of esters is 1. The number of rotatable bonds is 7. The van der Waals surface area contributed by atoms with E-state index in [0.717, 1.165) is 4.90 Å². The lowest BCUT2D eigenvalue weighted by molar-refractivity contribution is -0.135. The number of likely N-dealkylation sites (N-methyl/N-ethyl adjacent to an activating group) is 1. The van der Waals surface area contributed by atoms with Crippen LogP contribution in [0.3, 0.4) is 0 Å². The van der Waals surface area contributed by atoms with Crippen molar-refractivity contribution in [3.8, 4) is 23.0 Å². The zero-order valence-electron chi connectivity index (χ0n) is 21.5. The van der Waals surface area contributed by atoms with E-state index >= 15 is 0 Å². The summed E-state index contributed by atoms with van der Waals surface area (Å²) in [6.45, 7) is 0. The maximum absolute atomic E-state index is 13.4. The molecule has 2 aromatic rings. The minimum atomic E-state index is -1.02. The molecule has 0 saturated carbocycles. The zero-order chi connectivity index (χ0) is 28.6. The Morgan fingerprint density at radius 1 is 1.00 bits per heavy atom. The van der Waals surface area contributed by atoms with Gasteiger partial charge in [0.25, 0.3) is 11.8 Å². The molecule has 40 heavy (non-hydrogen) atoms. The maximum Gasteiger partial charge on any atom is 0.338 e. The molecule has 0 spiro atoms. The van der Waals surface area contributed by atoms with Gasteiger partial charge in [-0.3, -0.25) is 24.2 Å². The Labute approximate surface area is 233 Å². The van der Waals surface area contributed by atoms with Crippen LogP contribution in [0.4, 0.5) is 0 Å². The van der Waals surface area contributed by atoms with Crippen LogP contribution in [-0.4, -0.2) is 72.3 Å². The van der Waals surface area contributed by atoms with Gasteiger partial charge in [0.15, 0.2) is 28.0 Å². The van der Waals surface area contributed by atoms with Gasteiger partial charge in [0.1, 0.15) is 24.1 Å². The average Bonchev–Trinajstić information content (AvgIpc) is 3.25. The molecule has 11 nitrogen and oxygen atoms in total. The molecule has 1 fully saturated rings. The van der Waals surface area contributed by atoms with Crippen LogP contribution in [0.25, 0.3) is 0 Å². The molecule has 0 bridgehead atoms. The smallest absolute Gasteiger partial charge is 0.338 e. The van der Waals surface area contributed by atoms with Gasteiger partial charge in [-0.2, -0.15) is 0 Å². The molecule has 0 N–H and O–H groups in total. The summed E-state index contributed by atoms with van der Waals surface area (Å²) in [5.41, 5.74) is 1.02. The number of amides is 2. The first-order valence-electron chi connectivity index (χ1n) is 11.9. The van der Waals surface area contributed by atoms with Crippen molar-refractivity contribution in [2.24, 2.45) is 0 Å². The summed E-state index contributed by atoms with van der Waals surface area (Å²) in [5, 5.41) is 0. The second kappa shape index (κ2) is 10.7. The number of thiocarbonyl (C=S) groups is 1. The van der Waals surface area contributed by atoms with Crippen molar-refractivity contribution in [1.82, 2.24) is 9.80 Å². The number of ether oxygens (including phenoxy) is 5. The number of fused-ring (bicyclic) bond motifs is 3. The molecule has 0 unspecified atom stereocenters. The summed E-state index contributed by atoms with van der Waals surface area (Å²) in [6, 6.07) is 8.20. The van der Waals surface area contributed by atoms with Crippen LogP contribution in [0.1, 0.15) is 20.7 Å². The van der Waals surface area contributed by atoms with Gasteiger partial charge in [-0.15, -0.1) is 0 Å². The van der Waals surface area contributed by atoms with E-state index in [4.69, 9.17) is 35.9 Å². The third kappa shape index (κ3) is 4.58. The Bertz CT molecular complexity index is 1540. The van der Waals surface area contributed by atoms with Crippen LogP contribution in [0.5, 0.6) is 23.0 Å². The van der Waals surface area contributed by atoms with Crippen LogP contribution in [0.2, 0.25) is 0 Å². The third-order valence-corrected chi connectivity index (χ3v) is 6.91. The molecule has 3 aliphatic rings. The number of carbonyl (C=O) groups excluding carboxylic acids is 4. The fourth-order valence-electron chi connectivity index (χ4n) is 4.45. The summed E-state index contributed by atoms with van der Waals surface area (Å²) in [4.78, 5) is 52.7. The van der Waals surface area contributed by atoms with E-state index in [1.807, 2.05) is 0 Å². The van der Waals surface area contributed by atoms with Gasteiger partial charge in [-0.1, -0.05) is 12.2 Å². The number of hydrogen-bond acceptors (Lipinski definition) is 10. The molecule has 2 aromatic carbocycles. The van der Waals surface area contributed by atoms with E-state index in [9.17, 15) is 19.2 Å². The third-order valence-electron chi connectivity index (χ3n) is 6.46. The number of carbonyl (C=O) groups is 4. The second-order valence-corrected chi connectivity index (χ2v) is 9.15. The number of piperazine rings is 1. The summed E-state index contributed by atoms with van der Waals surface area (Å²) >= 11 is 5.16. The standard InChI is InChI=1S/C28H22N2O9S/c1-29-25(32)18-11-17-14-37-9-8-21(24(17)30(18)26(33)27(29)40)39-28(34)16-5-7-20(36-3)23(12-16)38-22-10-15(13-31)4-6-19(22)35-2/h4-14,21,24H,1-3H3/t21-,24-/m0/s1. The summed E-state index contributed by atoms with van der Waals surface area (Å²) in [6.07, 6.45) is 5.33. The van der Waals surface area contributed by atoms with Crippen molar-refractivity contribution < 1.29 is 42.9 Å². The van der Waals surface area contributed by atoms with E-state index < -0.39 is 29.9 Å². The molecule has 0 aliphatic carbocycles. The number of aldehydes is 1. The quantitative estimate of drug-likeness (QED) is 0.283. The Morgan fingerprint density at radius 2 is 1.70 bits per heavy atom. The fraction of sp³-hybridized carbons (Fsp3) is 0.179. The lowest BCUT2D eigenvalue weighted by Crippen LogP contribution is -2.57. The molecular formula is C28H22N2O9S. The Balaban J connectivity index is 1.43. The average molecular weight is 563 g/mol. The van der Waals surface area contributed by atoms with Gasteiger partial charge >= 0.3 is 5.97 Å². The summed E-state index contributed by atoms with van der Waals surface area (Å²) in [5.74, 6) is -0.721. The Kier molecular flexibility index (Phi) is 7.09. The van der Waals surface area contributed by atoms with Crippen molar-refractivity contribution in [3.63, 3.8) is 0 Å². The number of hydrogen-bond donors (Lipinski definition) is 0. The van der Waals surface area contributed by atoms with Gasteiger partial charge in [-0.05, 0) is 48.6 Å².